The number of hydrogen-bond acceptors (Lipinski definition) is 5. The average Bonchev–Trinajstić information content (AvgIpc) is 2.81. The highest BCUT2D eigenvalue weighted by Crippen LogP contribution is 2.64. The Labute approximate surface area is 214 Å². The maximum Gasteiger partial charge on any atom is 0.460 e. The number of methoxy groups -OCH3 is 1. The summed E-state index contributed by atoms with van der Waals surface area (Å²) in [5.74, 6) is -59.8. The van der Waals surface area contributed by atoms with Gasteiger partial charge in [0, 0.05) is 6.07 Å². The first-order chi connectivity index (χ1) is 18.0. The van der Waals surface area contributed by atoms with Crippen molar-refractivity contribution in [2.45, 2.75) is 54.1 Å². The van der Waals surface area contributed by atoms with E-state index in [9.17, 15) is 89.5 Å². The summed E-state index contributed by atoms with van der Waals surface area (Å²) in [6.45, 7) is -2.10. The molecule has 0 atom stereocenters. The molecule has 0 saturated heterocycles. The average molecular weight is 643 g/mol. The molecule has 0 saturated carbocycles. The van der Waals surface area contributed by atoms with Crippen LogP contribution < -0.4 is 4.74 Å². The molecule has 0 unspecified atom stereocenters. The van der Waals surface area contributed by atoms with Crippen LogP contribution in [0.3, 0.4) is 0 Å². The molecule has 0 N–H and O–H groups in total. The normalized spacial score (nSPS) is 14.6. The summed E-state index contributed by atoms with van der Waals surface area (Å²) in [5.41, 5.74) is -1.87. The smallest absolute Gasteiger partial charge is 0.460 e. The zero-order chi connectivity index (χ0) is 32.8. The van der Waals surface area contributed by atoms with Crippen molar-refractivity contribution in [2.24, 2.45) is 0 Å². The molecule has 236 valence electrons. The Balaban J connectivity index is 3.39. The van der Waals surface area contributed by atoms with Gasteiger partial charge < -0.3 is 9.47 Å². The lowest BCUT2D eigenvalue weighted by Crippen LogP contribution is -2.74. The first-order valence-corrected chi connectivity index (χ1v) is 9.70. The van der Waals surface area contributed by atoms with E-state index < -0.39 is 88.6 Å². The molecule has 0 bridgehead atoms. The third kappa shape index (κ3) is 5.49. The summed E-state index contributed by atoms with van der Waals surface area (Å²) in [4.78, 5) is 21.0. The zero-order valence-electron chi connectivity index (χ0n) is 19.1. The van der Waals surface area contributed by atoms with E-state index in [1.54, 1.807) is 0 Å². The van der Waals surface area contributed by atoms with E-state index in [0.717, 1.165) is 7.11 Å². The Kier molecular flexibility index (Phi) is 9.16. The molecule has 41 heavy (non-hydrogen) atoms. The second-order valence-electron chi connectivity index (χ2n) is 7.68. The molecule has 0 aliphatic heterocycles. The van der Waals surface area contributed by atoms with Gasteiger partial charge in [0.15, 0.2) is 5.75 Å². The molecule has 23 heteroatoms. The SMILES string of the molecule is COC(=O)c1ccc(OCCC(F)(F)C(F)(F)C(F)(F)C(F)(F)C(F)(F)C(F)(F)C(F)(F)C(F)(F)F)c([N+](=O)[O-])c1. The fourth-order valence-corrected chi connectivity index (χ4v) is 2.67. The van der Waals surface area contributed by atoms with Crippen LogP contribution in [0.25, 0.3) is 0 Å². The standard InChI is InChI=1S/C18H10F17NO5/c1-40-10(37)7-2-3-9(8(6-7)36(38)39)41-5-4-11(19,20)12(21,22)13(23,24)14(25,26)15(27,28)16(29,30)17(31,32)18(33,34)35/h2-3,6H,4-5H2,1H3. The highest BCUT2D eigenvalue weighted by molar-refractivity contribution is 5.90. The molecule has 6 nitrogen and oxygen atoms in total. The number of nitro groups is 1. The first-order valence-electron chi connectivity index (χ1n) is 9.70. The van der Waals surface area contributed by atoms with E-state index in [4.69, 9.17) is 0 Å². The Morgan fingerprint density at radius 2 is 1.15 bits per heavy atom. The Bertz CT molecular complexity index is 1150. The maximum absolute atomic E-state index is 13.9. The van der Waals surface area contributed by atoms with Gasteiger partial charge in [0.05, 0.1) is 30.6 Å². The number of nitro benzene ring substituents is 1. The van der Waals surface area contributed by atoms with Crippen LogP contribution in [-0.4, -0.2) is 72.2 Å². The van der Waals surface area contributed by atoms with Crippen LogP contribution in [-0.2, 0) is 4.74 Å². The topological polar surface area (TPSA) is 78.7 Å². The van der Waals surface area contributed by atoms with E-state index >= 15 is 0 Å². The highest BCUT2D eigenvalue weighted by atomic mass is 19.4. The van der Waals surface area contributed by atoms with Gasteiger partial charge >= 0.3 is 59.3 Å². The van der Waals surface area contributed by atoms with Crippen molar-refractivity contribution in [3.8, 4) is 5.75 Å². The number of hydrogen-bond donors (Lipinski definition) is 0. The van der Waals surface area contributed by atoms with Gasteiger partial charge in [0.25, 0.3) is 0 Å². The predicted octanol–water partition coefficient (Wildman–Crippen LogP) is 7.16. The number of halogens is 17. The van der Waals surface area contributed by atoms with Crippen LogP contribution in [0.15, 0.2) is 18.2 Å². The molecule has 0 spiro atoms. The van der Waals surface area contributed by atoms with Crippen molar-refractivity contribution < 1.29 is 93.8 Å². The van der Waals surface area contributed by atoms with Crippen molar-refractivity contribution in [1.29, 1.82) is 0 Å². The Morgan fingerprint density at radius 3 is 1.54 bits per heavy atom. The van der Waals surface area contributed by atoms with Crippen molar-refractivity contribution in [3.63, 3.8) is 0 Å². The van der Waals surface area contributed by atoms with E-state index in [2.05, 4.69) is 9.47 Å². The molecule has 1 rings (SSSR count). The van der Waals surface area contributed by atoms with E-state index in [0.29, 0.717) is 18.2 Å². The molecule has 0 heterocycles. The van der Waals surface area contributed by atoms with Gasteiger partial charge in [-0.3, -0.25) is 10.1 Å². The fourth-order valence-electron chi connectivity index (χ4n) is 2.67. The van der Waals surface area contributed by atoms with Gasteiger partial charge in [0.2, 0.25) is 0 Å². The highest BCUT2D eigenvalue weighted by Gasteiger charge is 2.95. The number of carbonyl (C=O) groups is 1. The summed E-state index contributed by atoms with van der Waals surface area (Å²) < 4.78 is 234. The van der Waals surface area contributed by atoms with Crippen LogP contribution in [0.4, 0.5) is 80.3 Å². The number of carbonyl (C=O) groups excluding carboxylic acids is 1. The van der Waals surface area contributed by atoms with Crippen molar-refractivity contribution in [2.75, 3.05) is 13.7 Å². The molecular weight excluding hydrogens is 633 g/mol. The lowest BCUT2D eigenvalue weighted by molar-refractivity contribution is -0.461. The summed E-state index contributed by atoms with van der Waals surface area (Å²) in [6, 6.07) is 1.45. The van der Waals surface area contributed by atoms with Gasteiger partial charge in [-0.2, -0.15) is 74.6 Å². The molecule has 0 radical (unpaired) electrons. The van der Waals surface area contributed by atoms with Crippen LogP contribution in [0.1, 0.15) is 16.8 Å². The second kappa shape index (κ2) is 10.5. The number of benzene rings is 1. The number of alkyl halides is 17. The van der Waals surface area contributed by atoms with E-state index in [1.165, 1.54) is 0 Å². The summed E-state index contributed by atoms with van der Waals surface area (Å²) in [6.07, 6.45) is -10.8. The van der Waals surface area contributed by atoms with Gasteiger partial charge in [-0.05, 0) is 12.1 Å². The van der Waals surface area contributed by atoms with Gasteiger partial charge in [0.1, 0.15) is 0 Å². The van der Waals surface area contributed by atoms with Crippen molar-refractivity contribution >= 4 is 11.7 Å². The lowest BCUT2D eigenvalue weighted by atomic mass is 9.88. The Hall–Kier alpha value is -3.30. The maximum atomic E-state index is 13.9. The number of esters is 1. The first kappa shape index (κ1) is 35.7. The van der Waals surface area contributed by atoms with Crippen LogP contribution in [0.2, 0.25) is 0 Å². The van der Waals surface area contributed by atoms with Crippen molar-refractivity contribution in [3.05, 3.63) is 33.9 Å². The van der Waals surface area contributed by atoms with Gasteiger partial charge in [-0.25, -0.2) is 4.79 Å². The third-order valence-corrected chi connectivity index (χ3v) is 5.04. The van der Waals surface area contributed by atoms with Gasteiger partial charge in [-0.15, -0.1) is 0 Å². The molecule has 1 aromatic carbocycles. The minimum Gasteiger partial charge on any atom is -0.487 e. The molecular formula is C18H10F17NO5. The molecule has 0 aliphatic carbocycles. The van der Waals surface area contributed by atoms with Crippen LogP contribution in [0.5, 0.6) is 5.75 Å². The zero-order valence-corrected chi connectivity index (χ0v) is 19.1. The molecule has 0 aromatic heterocycles. The minimum atomic E-state index is -8.75. The molecule has 0 amide bonds. The van der Waals surface area contributed by atoms with Crippen LogP contribution in [0, 0.1) is 10.1 Å². The largest absolute Gasteiger partial charge is 0.487 e. The quantitative estimate of drug-likeness (QED) is 0.105. The molecule has 0 fully saturated rings. The van der Waals surface area contributed by atoms with Crippen LogP contribution >= 0.6 is 0 Å². The summed E-state index contributed by atoms with van der Waals surface area (Å²) in [5, 5.41) is 11.0. The summed E-state index contributed by atoms with van der Waals surface area (Å²) >= 11 is 0. The van der Waals surface area contributed by atoms with Crippen molar-refractivity contribution in [1.82, 2.24) is 0 Å². The predicted molar refractivity (Wildman–Crippen MR) is 95.2 cm³/mol. The number of ether oxygens (including phenoxy) is 2. The molecule has 1 aromatic rings. The second-order valence-corrected chi connectivity index (χ2v) is 7.68. The monoisotopic (exact) mass is 643 g/mol. The lowest BCUT2D eigenvalue weighted by Gasteiger charge is -2.42. The summed E-state index contributed by atoms with van der Waals surface area (Å²) in [7, 11) is 0.805. The fraction of sp³-hybridized carbons (Fsp3) is 0.611. The van der Waals surface area contributed by atoms with E-state index in [-0.39, 0.29) is 0 Å². The number of nitrogens with zero attached hydrogens (tertiary/aromatic N) is 1. The molecule has 0 aliphatic rings. The van der Waals surface area contributed by atoms with E-state index in [1.807, 2.05) is 0 Å². The number of rotatable bonds is 12. The minimum absolute atomic E-state index is 0.363. The third-order valence-electron chi connectivity index (χ3n) is 5.04. The Morgan fingerprint density at radius 1 is 0.732 bits per heavy atom. The van der Waals surface area contributed by atoms with Gasteiger partial charge in [-0.1, -0.05) is 0 Å².